The molecule has 18 heavy (non-hydrogen) atoms. The first-order chi connectivity index (χ1) is 8.47. The summed E-state index contributed by atoms with van der Waals surface area (Å²) in [6, 6.07) is 2.02. The van der Waals surface area contributed by atoms with Gasteiger partial charge in [-0.25, -0.2) is 4.68 Å². The van der Waals surface area contributed by atoms with Crippen LogP contribution in [0, 0.1) is 0 Å². The van der Waals surface area contributed by atoms with E-state index in [0.29, 0.717) is 0 Å². The number of nitrogen functional groups attached to an aromatic ring is 1. The lowest BCUT2D eigenvalue weighted by molar-refractivity contribution is 0.269. The highest BCUT2D eigenvalue weighted by Crippen LogP contribution is 2.20. The van der Waals surface area contributed by atoms with Crippen LogP contribution >= 0.6 is 0 Å². The Morgan fingerprint density at radius 1 is 1.17 bits per heavy atom. The molecule has 4 nitrogen and oxygen atoms in total. The van der Waals surface area contributed by atoms with Crippen LogP contribution in [-0.2, 0) is 12.1 Å². The third-order valence-electron chi connectivity index (χ3n) is 3.51. The van der Waals surface area contributed by atoms with Crippen molar-refractivity contribution in [2.45, 2.75) is 58.5 Å². The van der Waals surface area contributed by atoms with Gasteiger partial charge in [-0.3, -0.25) is 4.90 Å². The van der Waals surface area contributed by atoms with Gasteiger partial charge in [0.25, 0.3) is 0 Å². The molecule has 1 aromatic heterocycles. The van der Waals surface area contributed by atoms with Gasteiger partial charge in [-0.15, -0.1) is 0 Å². The summed E-state index contributed by atoms with van der Waals surface area (Å²) >= 11 is 0. The number of likely N-dealkylation sites (tertiary alicyclic amines) is 1. The van der Waals surface area contributed by atoms with Gasteiger partial charge in [0, 0.05) is 12.6 Å². The first kappa shape index (κ1) is 13.4. The summed E-state index contributed by atoms with van der Waals surface area (Å²) in [4.78, 5) is 2.50. The van der Waals surface area contributed by atoms with E-state index < -0.39 is 0 Å². The Balaban J connectivity index is 2.05. The van der Waals surface area contributed by atoms with Gasteiger partial charge in [-0.2, -0.15) is 5.10 Å². The minimum atomic E-state index is -0.0406. The standard InChI is InChI=1S/C14H26N4/c1-14(2,3)18-13(15)10-12(16-18)11-17-8-6-4-5-7-9-17/h10H,4-9,11,15H2,1-3H3. The summed E-state index contributed by atoms with van der Waals surface area (Å²) in [7, 11) is 0. The van der Waals surface area contributed by atoms with E-state index in [1.54, 1.807) is 0 Å². The minimum Gasteiger partial charge on any atom is -0.384 e. The van der Waals surface area contributed by atoms with Crippen molar-refractivity contribution in [2.75, 3.05) is 18.8 Å². The van der Waals surface area contributed by atoms with E-state index in [4.69, 9.17) is 5.73 Å². The third kappa shape index (κ3) is 3.25. The Hall–Kier alpha value is -1.03. The second-order valence-corrected chi connectivity index (χ2v) is 6.33. The number of anilines is 1. The Bertz CT molecular complexity index is 381. The van der Waals surface area contributed by atoms with E-state index in [9.17, 15) is 0 Å². The molecule has 1 aromatic rings. The molecular formula is C14H26N4. The van der Waals surface area contributed by atoms with Gasteiger partial charge in [0.2, 0.25) is 0 Å². The van der Waals surface area contributed by atoms with Crippen molar-refractivity contribution in [1.82, 2.24) is 14.7 Å². The van der Waals surface area contributed by atoms with Crippen LogP contribution in [0.4, 0.5) is 5.82 Å². The number of nitrogens with zero attached hydrogens (tertiary/aromatic N) is 3. The van der Waals surface area contributed by atoms with Gasteiger partial charge in [0.15, 0.2) is 0 Å². The molecule has 1 fully saturated rings. The molecule has 0 aliphatic carbocycles. The Morgan fingerprint density at radius 2 is 1.78 bits per heavy atom. The summed E-state index contributed by atoms with van der Waals surface area (Å²) in [5.41, 5.74) is 7.11. The second kappa shape index (κ2) is 5.31. The van der Waals surface area contributed by atoms with Crippen LogP contribution in [0.25, 0.3) is 0 Å². The molecule has 0 amide bonds. The molecule has 0 saturated carbocycles. The van der Waals surface area contributed by atoms with Crippen LogP contribution in [0.2, 0.25) is 0 Å². The van der Waals surface area contributed by atoms with Gasteiger partial charge >= 0.3 is 0 Å². The Morgan fingerprint density at radius 3 is 2.28 bits per heavy atom. The molecule has 4 heteroatoms. The predicted molar refractivity (Wildman–Crippen MR) is 75.4 cm³/mol. The van der Waals surface area contributed by atoms with Crippen molar-refractivity contribution in [2.24, 2.45) is 0 Å². The summed E-state index contributed by atoms with van der Waals surface area (Å²) in [6.45, 7) is 9.72. The molecule has 0 unspecified atom stereocenters. The molecule has 1 aliphatic heterocycles. The molecule has 1 saturated heterocycles. The molecule has 0 aromatic carbocycles. The monoisotopic (exact) mass is 250 g/mol. The van der Waals surface area contributed by atoms with Crippen molar-refractivity contribution in [3.8, 4) is 0 Å². The Kier molecular flexibility index (Phi) is 3.95. The van der Waals surface area contributed by atoms with Crippen molar-refractivity contribution < 1.29 is 0 Å². The fourth-order valence-electron chi connectivity index (χ4n) is 2.58. The Labute approximate surface area is 110 Å². The molecule has 1 aliphatic rings. The fraction of sp³-hybridized carbons (Fsp3) is 0.786. The molecule has 2 rings (SSSR count). The van der Waals surface area contributed by atoms with E-state index in [0.717, 1.165) is 18.1 Å². The van der Waals surface area contributed by atoms with Crippen LogP contribution in [0.1, 0.15) is 52.1 Å². The van der Waals surface area contributed by atoms with Gasteiger partial charge in [-0.1, -0.05) is 12.8 Å². The lowest BCUT2D eigenvalue weighted by Gasteiger charge is -2.21. The van der Waals surface area contributed by atoms with Crippen molar-refractivity contribution in [3.05, 3.63) is 11.8 Å². The lowest BCUT2D eigenvalue weighted by atomic mass is 10.1. The van der Waals surface area contributed by atoms with Crippen LogP contribution < -0.4 is 5.73 Å². The van der Waals surface area contributed by atoms with Gasteiger partial charge in [0.05, 0.1) is 11.2 Å². The normalized spacial score (nSPS) is 18.8. The molecule has 2 N–H and O–H groups in total. The molecule has 0 spiro atoms. The average molecular weight is 250 g/mol. The summed E-state index contributed by atoms with van der Waals surface area (Å²) in [5, 5.41) is 4.66. The second-order valence-electron chi connectivity index (χ2n) is 6.33. The topological polar surface area (TPSA) is 47.1 Å². The highest BCUT2D eigenvalue weighted by Gasteiger charge is 2.19. The quantitative estimate of drug-likeness (QED) is 0.877. The van der Waals surface area contributed by atoms with Gasteiger partial charge in [-0.05, 0) is 46.7 Å². The van der Waals surface area contributed by atoms with E-state index in [2.05, 4.69) is 30.8 Å². The summed E-state index contributed by atoms with van der Waals surface area (Å²) in [6.07, 6.45) is 5.37. The number of nitrogens with two attached hydrogens (primary N) is 1. The van der Waals surface area contributed by atoms with Gasteiger partial charge < -0.3 is 5.73 Å². The maximum absolute atomic E-state index is 6.05. The van der Waals surface area contributed by atoms with Crippen molar-refractivity contribution in [1.29, 1.82) is 0 Å². The number of hydrogen-bond donors (Lipinski definition) is 1. The first-order valence-electron chi connectivity index (χ1n) is 7.04. The average Bonchev–Trinajstić information content (AvgIpc) is 2.49. The number of aromatic nitrogens is 2. The highest BCUT2D eigenvalue weighted by molar-refractivity contribution is 5.32. The molecular weight excluding hydrogens is 224 g/mol. The maximum atomic E-state index is 6.05. The molecule has 0 atom stereocenters. The van der Waals surface area contributed by atoms with E-state index in [1.807, 2.05) is 10.7 Å². The summed E-state index contributed by atoms with van der Waals surface area (Å²) < 4.78 is 1.93. The van der Waals surface area contributed by atoms with Crippen molar-refractivity contribution >= 4 is 5.82 Å². The zero-order valence-corrected chi connectivity index (χ0v) is 11.9. The summed E-state index contributed by atoms with van der Waals surface area (Å²) in [5.74, 6) is 0.771. The minimum absolute atomic E-state index is 0.0406. The van der Waals surface area contributed by atoms with E-state index in [1.165, 1.54) is 38.8 Å². The van der Waals surface area contributed by atoms with Crippen LogP contribution in [0.15, 0.2) is 6.07 Å². The molecule has 2 heterocycles. The highest BCUT2D eigenvalue weighted by atomic mass is 15.4. The molecule has 0 bridgehead atoms. The van der Waals surface area contributed by atoms with Crippen LogP contribution in [0.3, 0.4) is 0 Å². The SMILES string of the molecule is CC(C)(C)n1nc(CN2CCCCCC2)cc1N. The third-order valence-corrected chi connectivity index (χ3v) is 3.51. The first-order valence-corrected chi connectivity index (χ1v) is 7.04. The zero-order chi connectivity index (χ0) is 13.2. The largest absolute Gasteiger partial charge is 0.384 e. The number of rotatable bonds is 2. The molecule has 0 radical (unpaired) electrons. The van der Waals surface area contributed by atoms with Crippen LogP contribution in [0.5, 0.6) is 0 Å². The van der Waals surface area contributed by atoms with Crippen LogP contribution in [-0.4, -0.2) is 27.8 Å². The van der Waals surface area contributed by atoms with E-state index >= 15 is 0 Å². The fourth-order valence-corrected chi connectivity index (χ4v) is 2.58. The lowest BCUT2D eigenvalue weighted by Crippen LogP contribution is -2.26. The smallest absolute Gasteiger partial charge is 0.122 e. The zero-order valence-electron chi connectivity index (χ0n) is 11.9. The predicted octanol–water partition coefficient (Wildman–Crippen LogP) is 2.60. The maximum Gasteiger partial charge on any atom is 0.122 e. The molecule has 102 valence electrons. The van der Waals surface area contributed by atoms with Crippen molar-refractivity contribution in [3.63, 3.8) is 0 Å². The van der Waals surface area contributed by atoms with E-state index in [-0.39, 0.29) is 5.54 Å². The van der Waals surface area contributed by atoms with Gasteiger partial charge in [0.1, 0.15) is 5.82 Å². The number of hydrogen-bond acceptors (Lipinski definition) is 3.